The number of benzene rings is 1. The lowest BCUT2D eigenvalue weighted by atomic mass is 9.96. The van der Waals surface area contributed by atoms with Crippen LogP contribution in [0.3, 0.4) is 0 Å². The topological polar surface area (TPSA) is 73.1 Å². The van der Waals surface area contributed by atoms with Gasteiger partial charge in [-0.1, -0.05) is 18.5 Å². The van der Waals surface area contributed by atoms with Crippen molar-refractivity contribution < 1.29 is 4.74 Å². The van der Waals surface area contributed by atoms with Crippen LogP contribution in [0.15, 0.2) is 24.3 Å². The van der Waals surface area contributed by atoms with Crippen molar-refractivity contribution in [3.8, 4) is 5.75 Å². The van der Waals surface area contributed by atoms with Gasteiger partial charge in [0.05, 0.1) is 24.5 Å². The number of hydrazine groups is 1. The number of aromatic nitrogens is 2. The van der Waals surface area contributed by atoms with Crippen molar-refractivity contribution in [3.05, 3.63) is 51.8 Å². The van der Waals surface area contributed by atoms with Gasteiger partial charge in [-0.05, 0) is 37.6 Å². The SMILES string of the molecule is CCc1nnc(C)cc1C(NN)c1cc(Cl)ccc1OC. The Bertz CT molecular complexity index is 580. The number of nitrogens with zero attached hydrogens (tertiary/aromatic N) is 2. The molecule has 2 aromatic rings. The predicted octanol–water partition coefficient (Wildman–Crippen LogP) is 2.56. The summed E-state index contributed by atoms with van der Waals surface area (Å²) < 4.78 is 5.42. The Balaban J connectivity index is 2.59. The maximum Gasteiger partial charge on any atom is 0.124 e. The number of hydrogen-bond donors (Lipinski definition) is 2. The van der Waals surface area contributed by atoms with Crippen molar-refractivity contribution in [3.63, 3.8) is 0 Å². The Morgan fingerprint density at radius 2 is 2.05 bits per heavy atom. The fourth-order valence-corrected chi connectivity index (χ4v) is 2.52. The van der Waals surface area contributed by atoms with Crippen molar-refractivity contribution in [2.45, 2.75) is 26.3 Å². The molecule has 0 amide bonds. The molecule has 0 aliphatic rings. The van der Waals surface area contributed by atoms with Crippen LogP contribution in [-0.4, -0.2) is 17.3 Å². The van der Waals surface area contributed by atoms with Gasteiger partial charge in [0.15, 0.2) is 0 Å². The van der Waals surface area contributed by atoms with Gasteiger partial charge in [0.1, 0.15) is 5.75 Å². The van der Waals surface area contributed by atoms with Crippen molar-refractivity contribution >= 4 is 11.6 Å². The first-order valence-corrected chi connectivity index (χ1v) is 7.11. The first-order chi connectivity index (χ1) is 10.1. The second kappa shape index (κ2) is 6.85. The summed E-state index contributed by atoms with van der Waals surface area (Å²) in [6.45, 7) is 3.93. The van der Waals surface area contributed by atoms with E-state index in [0.29, 0.717) is 5.02 Å². The van der Waals surface area contributed by atoms with E-state index in [1.807, 2.05) is 32.0 Å². The van der Waals surface area contributed by atoms with Crippen LogP contribution in [0.2, 0.25) is 5.02 Å². The highest BCUT2D eigenvalue weighted by molar-refractivity contribution is 6.30. The van der Waals surface area contributed by atoms with Gasteiger partial charge in [-0.2, -0.15) is 10.2 Å². The average molecular weight is 307 g/mol. The third kappa shape index (κ3) is 3.32. The second-order valence-electron chi connectivity index (χ2n) is 4.73. The van der Waals surface area contributed by atoms with E-state index in [-0.39, 0.29) is 6.04 Å². The average Bonchev–Trinajstić information content (AvgIpc) is 2.48. The maximum atomic E-state index is 6.12. The summed E-state index contributed by atoms with van der Waals surface area (Å²) in [5.74, 6) is 6.51. The van der Waals surface area contributed by atoms with E-state index in [0.717, 1.165) is 34.7 Å². The lowest BCUT2D eigenvalue weighted by Crippen LogP contribution is -2.30. The van der Waals surface area contributed by atoms with Crippen LogP contribution >= 0.6 is 11.6 Å². The first-order valence-electron chi connectivity index (χ1n) is 6.73. The lowest BCUT2D eigenvalue weighted by molar-refractivity contribution is 0.404. The van der Waals surface area contributed by atoms with Crippen molar-refractivity contribution in [1.29, 1.82) is 0 Å². The Kier molecular flexibility index (Phi) is 5.12. The van der Waals surface area contributed by atoms with Crippen LogP contribution < -0.4 is 16.0 Å². The zero-order valence-electron chi connectivity index (χ0n) is 12.4. The fraction of sp³-hybridized carbons (Fsp3) is 0.333. The number of methoxy groups -OCH3 is 1. The molecule has 6 heteroatoms. The number of aryl methyl sites for hydroxylation is 2. The minimum Gasteiger partial charge on any atom is -0.496 e. The molecule has 21 heavy (non-hydrogen) atoms. The summed E-state index contributed by atoms with van der Waals surface area (Å²) in [6.07, 6.45) is 0.768. The molecule has 1 aromatic heterocycles. The molecule has 1 heterocycles. The van der Waals surface area contributed by atoms with Gasteiger partial charge in [0.25, 0.3) is 0 Å². The van der Waals surface area contributed by atoms with E-state index >= 15 is 0 Å². The minimum atomic E-state index is -0.261. The molecular formula is C15H19ClN4O. The van der Waals surface area contributed by atoms with E-state index in [1.54, 1.807) is 13.2 Å². The fourth-order valence-electron chi connectivity index (χ4n) is 2.34. The molecule has 0 spiro atoms. The molecule has 0 saturated heterocycles. The van der Waals surface area contributed by atoms with Crippen LogP contribution in [0.5, 0.6) is 5.75 Å². The second-order valence-corrected chi connectivity index (χ2v) is 5.16. The van der Waals surface area contributed by atoms with Crippen LogP contribution in [0.25, 0.3) is 0 Å². The molecule has 1 atom stereocenters. The van der Waals surface area contributed by atoms with Crippen molar-refractivity contribution in [2.24, 2.45) is 5.84 Å². The summed E-state index contributed by atoms with van der Waals surface area (Å²) in [7, 11) is 1.62. The maximum absolute atomic E-state index is 6.12. The highest BCUT2D eigenvalue weighted by Crippen LogP contribution is 2.33. The summed E-state index contributed by atoms with van der Waals surface area (Å²) in [6, 6.07) is 7.18. The Morgan fingerprint density at radius 1 is 1.29 bits per heavy atom. The Hall–Kier alpha value is -1.69. The predicted molar refractivity (Wildman–Crippen MR) is 83.3 cm³/mol. The molecule has 0 saturated carbocycles. The molecule has 0 bridgehead atoms. The molecule has 0 fully saturated rings. The monoisotopic (exact) mass is 306 g/mol. The van der Waals surface area contributed by atoms with E-state index < -0.39 is 0 Å². The van der Waals surface area contributed by atoms with Gasteiger partial charge in [0, 0.05) is 16.1 Å². The van der Waals surface area contributed by atoms with Crippen LogP contribution in [-0.2, 0) is 6.42 Å². The zero-order chi connectivity index (χ0) is 15.4. The Morgan fingerprint density at radius 3 is 2.67 bits per heavy atom. The highest BCUT2D eigenvalue weighted by atomic mass is 35.5. The summed E-state index contributed by atoms with van der Waals surface area (Å²) in [5.41, 5.74) is 6.41. The molecule has 5 nitrogen and oxygen atoms in total. The minimum absolute atomic E-state index is 0.261. The number of nitrogens with two attached hydrogens (primary N) is 1. The molecule has 0 aliphatic carbocycles. The van der Waals surface area contributed by atoms with E-state index in [2.05, 4.69) is 15.6 Å². The van der Waals surface area contributed by atoms with Gasteiger partial charge >= 0.3 is 0 Å². The highest BCUT2D eigenvalue weighted by Gasteiger charge is 2.21. The normalized spacial score (nSPS) is 12.2. The van der Waals surface area contributed by atoms with E-state index in [9.17, 15) is 0 Å². The number of ether oxygens (including phenoxy) is 1. The van der Waals surface area contributed by atoms with Crippen molar-refractivity contribution in [1.82, 2.24) is 15.6 Å². The van der Waals surface area contributed by atoms with E-state index in [1.165, 1.54) is 0 Å². The summed E-state index contributed by atoms with van der Waals surface area (Å²) >= 11 is 6.12. The Labute approximate surface area is 129 Å². The van der Waals surface area contributed by atoms with E-state index in [4.69, 9.17) is 22.2 Å². The smallest absolute Gasteiger partial charge is 0.124 e. The van der Waals surface area contributed by atoms with Gasteiger partial charge in [-0.15, -0.1) is 0 Å². The summed E-state index contributed by atoms with van der Waals surface area (Å²) in [4.78, 5) is 0. The quantitative estimate of drug-likeness (QED) is 0.656. The molecule has 112 valence electrons. The summed E-state index contributed by atoms with van der Waals surface area (Å²) in [5, 5.41) is 8.98. The number of halogens is 1. The molecule has 3 N–H and O–H groups in total. The number of rotatable bonds is 5. The molecule has 1 unspecified atom stereocenters. The van der Waals surface area contributed by atoms with Crippen LogP contribution in [0, 0.1) is 6.92 Å². The zero-order valence-corrected chi connectivity index (χ0v) is 13.1. The molecular weight excluding hydrogens is 288 g/mol. The largest absolute Gasteiger partial charge is 0.496 e. The third-order valence-corrected chi connectivity index (χ3v) is 3.58. The van der Waals surface area contributed by atoms with Crippen molar-refractivity contribution in [2.75, 3.05) is 7.11 Å². The van der Waals surface area contributed by atoms with Gasteiger partial charge in [-0.25, -0.2) is 5.43 Å². The van der Waals surface area contributed by atoms with Gasteiger partial charge in [0.2, 0.25) is 0 Å². The third-order valence-electron chi connectivity index (χ3n) is 3.34. The number of nitrogens with one attached hydrogen (secondary N) is 1. The van der Waals surface area contributed by atoms with Crippen LogP contribution in [0.4, 0.5) is 0 Å². The van der Waals surface area contributed by atoms with Crippen LogP contribution in [0.1, 0.15) is 35.5 Å². The molecule has 0 aliphatic heterocycles. The van der Waals surface area contributed by atoms with Gasteiger partial charge < -0.3 is 4.74 Å². The molecule has 0 radical (unpaired) electrons. The number of hydrogen-bond acceptors (Lipinski definition) is 5. The van der Waals surface area contributed by atoms with Gasteiger partial charge in [-0.3, -0.25) is 5.84 Å². The standard InChI is InChI=1S/C15H19ClN4O/c1-4-13-11(7-9(2)19-20-13)15(18-17)12-8-10(16)5-6-14(12)21-3/h5-8,15,18H,4,17H2,1-3H3. The molecule has 2 rings (SSSR count). The first kappa shape index (κ1) is 15.7. The molecule has 1 aromatic carbocycles. The lowest BCUT2D eigenvalue weighted by Gasteiger charge is -2.21.